The van der Waals surface area contributed by atoms with Gasteiger partial charge in [0.2, 0.25) is 5.91 Å². The highest BCUT2D eigenvalue weighted by Gasteiger charge is 2.44. The Labute approximate surface area is 211 Å². The molecule has 0 unspecified atom stereocenters. The summed E-state index contributed by atoms with van der Waals surface area (Å²) < 4.78 is 51.4. The van der Waals surface area contributed by atoms with Crippen molar-refractivity contribution in [3.8, 4) is 11.5 Å². The second-order valence-electron chi connectivity index (χ2n) is 8.62. The maximum absolute atomic E-state index is 13.4. The molecule has 36 heavy (non-hydrogen) atoms. The van der Waals surface area contributed by atoms with E-state index in [9.17, 15) is 22.8 Å². The summed E-state index contributed by atoms with van der Waals surface area (Å²) in [7, 11) is 1.71. The highest BCUT2D eigenvalue weighted by atomic mass is 35.5. The minimum Gasteiger partial charge on any atom is -0.489 e. The number of rotatable bonds is 3. The normalized spacial score (nSPS) is 20.4. The van der Waals surface area contributed by atoms with E-state index in [1.165, 1.54) is 0 Å². The summed E-state index contributed by atoms with van der Waals surface area (Å²) in [5.41, 5.74) is -1.27. The summed E-state index contributed by atoms with van der Waals surface area (Å²) in [5.74, 6) is -0.948. The van der Waals surface area contributed by atoms with Crippen LogP contribution in [0.2, 0.25) is 5.02 Å². The zero-order chi connectivity index (χ0) is 25.9. The maximum Gasteiger partial charge on any atom is 0.416 e. The van der Waals surface area contributed by atoms with Gasteiger partial charge in [0.15, 0.2) is 0 Å². The van der Waals surface area contributed by atoms with Crippen LogP contribution in [0.3, 0.4) is 0 Å². The largest absolute Gasteiger partial charge is 0.489 e. The fourth-order valence-corrected chi connectivity index (χ4v) is 4.03. The molecule has 2 aromatic carbocycles. The van der Waals surface area contributed by atoms with Crippen molar-refractivity contribution < 1.29 is 32.2 Å². The Morgan fingerprint density at radius 3 is 2.36 bits per heavy atom. The van der Waals surface area contributed by atoms with Gasteiger partial charge in [0.05, 0.1) is 21.8 Å². The predicted molar refractivity (Wildman–Crippen MR) is 127 cm³/mol. The van der Waals surface area contributed by atoms with E-state index in [1.54, 1.807) is 37.4 Å². The van der Waals surface area contributed by atoms with Gasteiger partial charge < -0.3 is 20.1 Å². The molecule has 3 aliphatic rings. The van der Waals surface area contributed by atoms with Gasteiger partial charge in [-0.15, -0.1) is 0 Å². The fraction of sp³-hybridized carbons (Fsp3) is 0.360. The molecule has 1 fully saturated rings. The van der Waals surface area contributed by atoms with Gasteiger partial charge in [-0.3, -0.25) is 14.9 Å². The zero-order valence-corrected chi connectivity index (χ0v) is 20.1. The van der Waals surface area contributed by atoms with Gasteiger partial charge >= 0.3 is 6.18 Å². The maximum atomic E-state index is 13.4. The smallest absolute Gasteiger partial charge is 0.416 e. The summed E-state index contributed by atoms with van der Waals surface area (Å²) in [5, 5.41) is 8.84. The van der Waals surface area contributed by atoms with Crippen LogP contribution < -0.4 is 25.4 Å². The first-order valence-electron chi connectivity index (χ1n) is 11.3. The number of carbonyl (C=O) groups is 2. The van der Waals surface area contributed by atoms with Crippen LogP contribution in [-0.2, 0) is 17.4 Å². The van der Waals surface area contributed by atoms with E-state index < -0.39 is 35.3 Å². The molecule has 2 amide bonds. The van der Waals surface area contributed by atoms with Gasteiger partial charge in [0, 0.05) is 6.42 Å². The summed E-state index contributed by atoms with van der Waals surface area (Å²) in [6.45, 7) is 0.163. The molecule has 1 saturated carbocycles. The number of amides is 2. The van der Waals surface area contributed by atoms with Crippen LogP contribution in [0, 0.1) is 0 Å². The molecule has 1 atom stereocenters. The number of hydrogen-bond donors (Lipinski definition) is 3. The molecule has 2 aromatic rings. The van der Waals surface area contributed by atoms with Crippen molar-refractivity contribution in [2.45, 2.75) is 37.1 Å². The molecule has 3 N–H and O–H groups in total. The minimum absolute atomic E-state index is 0.0176. The molecule has 0 aromatic heterocycles. The van der Waals surface area contributed by atoms with Crippen LogP contribution in [0.25, 0.3) is 0 Å². The molecular weight excluding hydrogens is 499 g/mol. The number of ether oxygens (including phenoxy) is 2. The van der Waals surface area contributed by atoms with Crippen molar-refractivity contribution in [3.05, 3.63) is 70.3 Å². The second-order valence-corrected chi connectivity index (χ2v) is 9.03. The summed E-state index contributed by atoms with van der Waals surface area (Å²) in [4.78, 5) is 26.4. The number of fused-ring (bicyclic) bond motifs is 9. The van der Waals surface area contributed by atoms with Crippen molar-refractivity contribution in [1.29, 1.82) is 0 Å². The highest BCUT2D eigenvalue weighted by Crippen LogP contribution is 2.34. The first kappa shape index (κ1) is 25.8. The van der Waals surface area contributed by atoms with Crippen molar-refractivity contribution in [2.24, 2.45) is 0 Å². The van der Waals surface area contributed by atoms with E-state index in [0.29, 0.717) is 29.2 Å². The average molecular weight is 524 g/mol. The van der Waals surface area contributed by atoms with Crippen LogP contribution in [0.4, 0.5) is 13.2 Å². The Bertz CT molecular complexity index is 1180. The first-order chi connectivity index (χ1) is 17.1. The molecule has 2 aliphatic heterocycles. The van der Waals surface area contributed by atoms with E-state index in [4.69, 9.17) is 21.1 Å². The number of benzene rings is 2. The molecule has 7 nitrogen and oxygen atoms in total. The molecule has 0 spiro atoms. The van der Waals surface area contributed by atoms with E-state index in [1.807, 2.05) is 0 Å². The lowest BCUT2D eigenvalue weighted by molar-refractivity contribution is -0.137. The van der Waals surface area contributed by atoms with Crippen molar-refractivity contribution in [2.75, 3.05) is 20.3 Å². The third kappa shape index (κ3) is 6.11. The van der Waals surface area contributed by atoms with Crippen LogP contribution in [0.1, 0.15) is 34.3 Å². The highest BCUT2D eigenvalue weighted by molar-refractivity contribution is 6.32. The lowest BCUT2D eigenvalue weighted by Crippen LogP contribution is -2.55. The second kappa shape index (κ2) is 10.4. The molecule has 11 heteroatoms. The van der Waals surface area contributed by atoms with Gasteiger partial charge in [-0.05, 0) is 67.9 Å². The predicted octanol–water partition coefficient (Wildman–Crippen LogP) is 3.85. The van der Waals surface area contributed by atoms with Crippen molar-refractivity contribution in [1.82, 2.24) is 16.0 Å². The van der Waals surface area contributed by atoms with Gasteiger partial charge in [-0.1, -0.05) is 17.7 Å². The number of carbonyl (C=O) groups excluding carboxylic acids is 2. The molecule has 1 aliphatic carbocycles. The van der Waals surface area contributed by atoms with Gasteiger partial charge in [0.1, 0.15) is 30.8 Å². The van der Waals surface area contributed by atoms with Crippen LogP contribution >= 0.6 is 11.6 Å². The van der Waals surface area contributed by atoms with E-state index in [-0.39, 0.29) is 30.9 Å². The van der Waals surface area contributed by atoms with Gasteiger partial charge in [-0.2, -0.15) is 13.2 Å². The van der Waals surface area contributed by atoms with Gasteiger partial charge in [0.25, 0.3) is 5.91 Å². The molecule has 5 rings (SSSR count). The summed E-state index contributed by atoms with van der Waals surface area (Å²) in [6, 6.07) is 6.56. The Morgan fingerprint density at radius 2 is 1.75 bits per heavy atom. The third-order valence-corrected chi connectivity index (χ3v) is 6.33. The number of alkyl halides is 3. The monoisotopic (exact) mass is 523 g/mol. The number of nitrogens with one attached hydrogen (secondary N) is 3. The zero-order valence-electron chi connectivity index (χ0n) is 19.4. The van der Waals surface area contributed by atoms with Crippen molar-refractivity contribution >= 4 is 23.4 Å². The average Bonchev–Trinajstić information content (AvgIpc) is 3.60. The van der Waals surface area contributed by atoms with Crippen LogP contribution in [-0.4, -0.2) is 43.8 Å². The van der Waals surface area contributed by atoms with E-state index >= 15 is 0 Å². The Morgan fingerprint density at radius 1 is 1.08 bits per heavy atom. The molecule has 2 bridgehead atoms. The molecular formula is C25H25ClF3N3O4. The third-order valence-electron chi connectivity index (χ3n) is 6.04. The topological polar surface area (TPSA) is 88.7 Å². The molecule has 0 saturated heterocycles. The fourth-order valence-electron chi connectivity index (χ4n) is 3.78. The lowest BCUT2D eigenvalue weighted by atomic mass is 10.0. The Kier molecular flexibility index (Phi) is 7.46. The van der Waals surface area contributed by atoms with E-state index in [0.717, 1.165) is 18.2 Å². The lowest BCUT2D eigenvalue weighted by Gasteiger charge is -2.24. The Balaban J connectivity index is 1.70. The summed E-state index contributed by atoms with van der Waals surface area (Å²) >= 11 is 6.34. The van der Waals surface area contributed by atoms with E-state index in [2.05, 4.69) is 16.0 Å². The number of hydrogen-bond acceptors (Lipinski definition) is 5. The van der Waals surface area contributed by atoms with Crippen LogP contribution in [0.15, 0.2) is 48.6 Å². The SMILES string of the molecule is CNC1(NC(=O)[C@@H]2Cc3ccc(c(Cl)c3)OC/C=C/COc3ccc(C(F)(F)F)cc3C(=O)N2)CC1. The molecule has 192 valence electrons. The van der Waals surface area contributed by atoms with Crippen molar-refractivity contribution in [3.63, 3.8) is 0 Å². The van der Waals surface area contributed by atoms with Crippen LogP contribution in [0.5, 0.6) is 11.5 Å². The molecule has 2 heterocycles. The van der Waals surface area contributed by atoms with Gasteiger partial charge in [-0.25, -0.2) is 0 Å². The quantitative estimate of drug-likeness (QED) is 0.420. The molecule has 0 radical (unpaired) electrons. The summed E-state index contributed by atoms with van der Waals surface area (Å²) in [6.07, 6.45) is 0.0841. The first-order valence-corrected chi connectivity index (χ1v) is 11.7. The minimum atomic E-state index is -4.66. The number of halogens is 4. The Hall–Kier alpha value is -3.24. The standard InChI is InChI=1S/C25H25ClF3N3O4/c1-30-24(8-9-24)32-23(34)19-13-15-4-6-21(18(26)12-15)36-11-3-2-10-35-20-7-5-16(25(27,28)29)14-17(20)22(33)31-19/h2-7,12,14,19,30H,8-11,13H2,1H3,(H,31,33)(H,32,34)/b3-2+/t19-/m0/s1.